The zero-order valence-electron chi connectivity index (χ0n) is 6.05. The maximum atomic E-state index is 5.91. The van der Waals surface area contributed by atoms with Gasteiger partial charge in [0.05, 0.1) is 5.02 Å². The molecule has 0 spiro atoms. The third kappa shape index (κ3) is 1.31. The molecule has 0 aliphatic heterocycles. The molecular formula is C8H9ClN2. The van der Waals surface area contributed by atoms with E-state index in [0.717, 1.165) is 5.02 Å². The molecule has 1 fully saturated rings. The molecular weight excluding hydrogens is 160 g/mol. The molecule has 2 nitrogen and oxygen atoms in total. The maximum Gasteiger partial charge on any atom is 0.123 e. The lowest BCUT2D eigenvalue weighted by Crippen LogP contribution is -1.92. The number of hydrogen-bond acceptors (Lipinski definition) is 2. The van der Waals surface area contributed by atoms with Gasteiger partial charge in [0, 0.05) is 6.20 Å². The minimum Gasteiger partial charge on any atom is -0.384 e. The van der Waals surface area contributed by atoms with E-state index in [4.69, 9.17) is 17.3 Å². The Hall–Kier alpha value is -0.760. The zero-order valence-corrected chi connectivity index (χ0v) is 6.80. The summed E-state index contributed by atoms with van der Waals surface area (Å²) in [7, 11) is 0. The molecule has 0 aromatic carbocycles. The third-order valence-corrected chi connectivity index (χ3v) is 2.24. The number of hydrogen-bond donors (Lipinski definition) is 1. The van der Waals surface area contributed by atoms with Crippen LogP contribution in [0.15, 0.2) is 12.3 Å². The predicted octanol–water partition coefficient (Wildman–Crippen LogP) is 2.19. The first kappa shape index (κ1) is 6.92. The fourth-order valence-corrected chi connectivity index (χ4v) is 1.44. The van der Waals surface area contributed by atoms with Crippen molar-refractivity contribution in [2.24, 2.45) is 0 Å². The van der Waals surface area contributed by atoms with Gasteiger partial charge >= 0.3 is 0 Å². The molecule has 3 heteroatoms. The topological polar surface area (TPSA) is 38.9 Å². The van der Waals surface area contributed by atoms with E-state index in [1.54, 1.807) is 6.20 Å². The molecule has 58 valence electrons. The summed E-state index contributed by atoms with van der Waals surface area (Å²) in [5, 5.41) is 0.752. The molecule has 1 aliphatic carbocycles. The quantitative estimate of drug-likeness (QED) is 0.698. The monoisotopic (exact) mass is 168 g/mol. The standard InChI is InChI=1S/C8H9ClN2/c9-7-4-11-8(10)3-6(7)5-1-2-5/h3-5H,1-2H2,(H2,10,11). The number of nitrogens with two attached hydrogens (primary N) is 1. The summed E-state index contributed by atoms with van der Waals surface area (Å²) < 4.78 is 0. The van der Waals surface area contributed by atoms with Gasteiger partial charge in [-0.2, -0.15) is 0 Å². The SMILES string of the molecule is Nc1cc(C2CC2)c(Cl)cn1. The van der Waals surface area contributed by atoms with Crippen LogP contribution >= 0.6 is 11.6 Å². The van der Waals surface area contributed by atoms with Crippen LogP contribution in [-0.4, -0.2) is 4.98 Å². The summed E-state index contributed by atoms with van der Waals surface area (Å²) in [5.74, 6) is 1.21. The molecule has 1 saturated carbocycles. The van der Waals surface area contributed by atoms with Crippen molar-refractivity contribution >= 4 is 17.4 Å². The molecule has 1 heterocycles. The van der Waals surface area contributed by atoms with Gasteiger partial charge in [-0.05, 0) is 30.4 Å². The van der Waals surface area contributed by atoms with Crippen LogP contribution in [0, 0.1) is 0 Å². The summed E-state index contributed by atoms with van der Waals surface area (Å²) in [4.78, 5) is 3.90. The Morgan fingerprint density at radius 2 is 2.27 bits per heavy atom. The average Bonchev–Trinajstić information content (AvgIpc) is 2.76. The summed E-state index contributed by atoms with van der Waals surface area (Å²) in [5.41, 5.74) is 6.69. The zero-order chi connectivity index (χ0) is 7.84. The predicted molar refractivity (Wildman–Crippen MR) is 45.6 cm³/mol. The Labute approximate surface area is 70.4 Å². The van der Waals surface area contributed by atoms with Gasteiger partial charge in [-0.3, -0.25) is 0 Å². The van der Waals surface area contributed by atoms with Crippen LogP contribution in [0.1, 0.15) is 24.3 Å². The maximum absolute atomic E-state index is 5.91. The molecule has 2 rings (SSSR count). The van der Waals surface area contributed by atoms with Crippen molar-refractivity contribution in [1.82, 2.24) is 4.98 Å². The van der Waals surface area contributed by atoms with Gasteiger partial charge in [-0.1, -0.05) is 11.6 Å². The van der Waals surface area contributed by atoms with Crippen LogP contribution in [0.3, 0.4) is 0 Å². The normalized spacial score (nSPS) is 16.8. The lowest BCUT2D eigenvalue weighted by Gasteiger charge is -2.01. The molecule has 0 unspecified atom stereocenters. The Morgan fingerprint density at radius 3 is 2.91 bits per heavy atom. The van der Waals surface area contributed by atoms with E-state index < -0.39 is 0 Å². The third-order valence-electron chi connectivity index (χ3n) is 1.92. The summed E-state index contributed by atoms with van der Waals surface area (Å²) in [6, 6.07) is 1.88. The van der Waals surface area contributed by atoms with E-state index in [1.807, 2.05) is 6.07 Å². The van der Waals surface area contributed by atoms with Crippen molar-refractivity contribution in [3.8, 4) is 0 Å². The van der Waals surface area contributed by atoms with Crippen LogP contribution in [-0.2, 0) is 0 Å². The van der Waals surface area contributed by atoms with Crippen molar-refractivity contribution in [2.75, 3.05) is 5.73 Å². The summed E-state index contributed by atoms with van der Waals surface area (Å²) >= 11 is 5.91. The first-order valence-electron chi connectivity index (χ1n) is 3.68. The van der Waals surface area contributed by atoms with Gasteiger partial charge in [0.1, 0.15) is 5.82 Å². The Kier molecular flexibility index (Phi) is 1.50. The second-order valence-electron chi connectivity index (χ2n) is 2.90. The van der Waals surface area contributed by atoms with E-state index in [-0.39, 0.29) is 0 Å². The number of aromatic nitrogens is 1. The van der Waals surface area contributed by atoms with Crippen molar-refractivity contribution in [2.45, 2.75) is 18.8 Å². The molecule has 2 N–H and O–H groups in total. The van der Waals surface area contributed by atoms with E-state index in [0.29, 0.717) is 11.7 Å². The first-order valence-corrected chi connectivity index (χ1v) is 4.06. The molecule has 0 amide bonds. The molecule has 0 atom stereocenters. The number of halogens is 1. The van der Waals surface area contributed by atoms with Crippen LogP contribution in [0.2, 0.25) is 5.02 Å². The smallest absolute Gasteiger partial charge is 0.123 e. The molecule has 1 aromatic heterocycles. The fourth-order valence-electron chi connectivity index (χ4n) is 1.18. The fraction of sp³-hybridized carbons (Fsp3) is 0.375. The molecule has 0 radical (unpaired) electrons. The number of nitrogens with zero attached hydrogens (tertiary/aromatic N) is 1. The summed E-state index contributed by atoms with van der Waals surface area (Å²) in [6.45, 7) is 0. The van der Waals surface area contributed by atoms with E-state index >= 15 is 0 Å². The number of rotatable bonds is 1. The molecule has 1 aromatic rings. The van der Waals surface area contributed by atoms with Crippen molar-refractivity contribution in [3.63, 3.8) is 0 Å². The Balaban J connectivity index is 2.42. The van der Waals surface area contributed by atoms with Crippen LogP contribution in [0.25, 0.3) is 0 Å². The van der Waals surface area contributed by atoms with Crippen LogP contribution in [0.4, 0.5) is 5.82 Å². The van der Waals surface area contributed by atoms with E-state index in [1.165, 1.54) is 18.4 Å². The molecule has 11 heavy (non-hydrogen) atoms. The van der Waals surface area contributed by atoms with Gasteiger partial charge in [0.2, 0.25) is 0 Å². The largest absolute Gasteiger partial charge is 0.384 e. The first-order chi connectivity index (χ1) is 5.27. The van der Waals surface area contributed by atoms with Crippen LogP contribution < -0.4 is 5.73 Å². The Bertz CT molecular complexity index is 281. The minimum absolute atomic E-state index is 0.566. The highest BCUT2D eigenvalue weighted by Crippen LogP contribution is 2.43. The average molecular weight is 169 g/mol. The molecule has 1 aliphatic rings. The van der Waals surface area contributed by atoms with Gasteiger partial charge in [-0.15, -0.1) is 0 Å². The number of pyridine rings is 1. The van der Waals surface area contributed by atoms with Crippen molar-refractivity contribution in [3.05, 3.63) is 22.8 Å². The lowest BCUT2D eigenvalue weighted by atomic mass is 10.2. The van der Waals surface area contributed by atoms with E-state index in [2.05, 4.69) is 4.98 Å². The van der Waals surface area contributed by atoms with E-state index in [9.17, 15) is 0 Å². The van der Waals surface area contributed by atoms with Crippen LogP contribution in [0.5, 0.6) is 0 Å². The number of nitrogen functional groups attached to an aromatic ring is 1. The van der Waals surface area contributed by atoms with Gasteiger partial charge < -0.3 is 5.73 Å². The van der Waals surface area contributed by atoms with Gasteiger partial charge in [0.25, 0.3) is 0 Å². The summed E-state index contributed by atoms with van der Waals surface area (Å²) in [6.07, 6.45) is 4.11. The highest BCUT2D eigenvalue weighted by Gasteiger charge is 2.25. The highest BCUT2D eigenvalue weighted by molar-refractivity contribution is 6.31. The lowest BCUT2D eigenvalue weighted by molar-refractivity contribution is 1.11. The number of anilines is 1. The van der Waals surface area contributed by atoms with Crippen molar-refractivity contribution in [1.29, 1.82) is 0 Å². The minimum atomic E-state index is 0.566. The van der Waals surface area contributed by atoms with Crippen molar-refractivity contribution < 1.29 is 0 Å². The van der Waals surface area contributed by atoms with Gasteiger partial charge in [0.15, 0.2) is 0 Å². The second kappa shape index (κ2) is 2.38. The Morgan fingerprint density at radius 1 is 1.55 bits per heavy atom. The van der Waals surface area contributed by atoms with Gasteiger partial charge in [-0.25, -0.2) is 4.98 Å². The molecule has 0 saturated heterocycles. The second-order valence-corrected chi connectivity index (χ2v) is 3.31. The molecule has 0 bridgehead atoms. The highest BCUT2D eigenvalue weighted by atomic mass is 35.5.